The Hall–Kier alpha value is -2.89. The second-order valence-electron chi connectivity index (χ2n) is 6.65. The molecule has 0 saturated carbocycles. The summed E-state index contributed by atoms with van der Waals surface area (Å²) < 4.78 is 0. The summed E-state index contributed by atoms with van der Waals surface area (Å²) in [6, 6.07) is 10.5. The second kappa shape index (κ2) is 7.56. The molecule has 0 aromatic heterocycles. The summed E-state index contributed by atoms with van der Waals surface area (Å²) in [4.78, 5) is 12.5. The molecule has 0 heterocycles. The van der Waals surface area contributed by atoms with Crippen LogP contribution in [0.2, 0.25) is 0 Å². The fourth-order valence-electron chi connectivity index (χ4n) is 2.97. The van der Waals surface area contributed by atoms with Crippen LogP contribution in [0.25, 0.3) is 0 Å². The van der Waals surface area contributed by atoms with E-state index in [1.54, 1.807) is 0 Å². The fraction of sp³-hybridized carbons (Fsp3) is 0.120. The molecule has 0 amide bonds. The minimum absolute atomic E-state index is 0.127. The summed E-state index contributed by atoms with van der Waals surface area (Å²) in [5.74, 6) is 0.127. The van der Waals surface area contributed by atoms with Crippen molar-refractivity contribution in [1.82, 2.24) is 0 Å². The van der Waals surface area contributed by atoms with E-state index in [-0.39, 0.29) is 5.78 Å². The zero-order chi connectivity index (χ0) is 17.8. The van der Waals surface area contributed by atoms with E-state index < -0.39 is 0 Å². The monoisotopic (exact) mass is 336 g/mol. The van der Waals surface area contributed by atoms with Gasteiger partial charge in [0.25, 0.3) is 0 Å². The van der Waals surface area contributed by atoms with E-state index in [1.165, 1.54) is 11.1 Å². The first-order valence-corrected chi connectivity index (χ1v) is 9.01. The van der Waals surface area contributed by atoms with Crippen molar-refractivity contribution in [2.75, 3.05) is 0 Å². The molecule has 1 nitrogen and oxygen atoms in total. The van der Waals surface area contributed by atoms with E-state index in [0.29, 0.717) is 0 Å². The van der Waals surface area contributed by atoms with Crippen molar-refractivity contribution in [2.45, 2.75) is 19.3 Å². The van der Waals surface area contributed by atoms with Crippen LogP contribution < -0.4 is 0 Å². The van der Waals surface area contributed by atoms with E-state index in [1.807, 2.05) is 49.3 Å². The third kappa shape index (κ3) is 4.39. The predicted molar refractivity (Wildman–Crippen MR) is 106 cm³/mol. The Morgan fingerprint density at radius 1 is 1.00 bits per heavy atom. The second-order valence-corrected chi connectivity index (χ2v) is 6.65. The summed E-state index contributed by atoms with van der Waals surface area (Å²) in [7, 11) is 0. The number of ketones is 1. The van der Waals surface area contributed by atoms with Crippen molar-refractivity contribution in [2.24, 2.45) is 0 Å². The Balaban J connectivity index is 1.55. The zero-order valence-corrected chi connectivity index (χ0v) is 14.6. The highest BCUT2D eigenvalue weighted by molar-refractivity contribution is 6.17. The molecule has 0 atom stereocenters. The summed E-state index contributed by atoms with van der Waals surface area (Å²) in [5.41, 5.74) is 9.63. The Kier molecular flexibility index (Phi) is 4.82. The van der Waals surface area contributed by atoms with Crippen molar-refractivity contribution >= 4 is 5.78 Å². The van der Waals surface area contributed by atoms with Gasteiger partial charge in [-0.1, -0.05) is 54.6 Å². The van der Waals surface area contributed by atoms with Gasteiger partial charge in [0, 0.05) is 24.0 Å². The van der Waals surface area contributed by atoms with Gasteiger partial charge in [-0.2, -0.15) is 0 Å². The van der Waals surface area contributed by atoms with E-state index in [0.717, 1.165) is 41.6 Å². The molecule has 2 radical (unpaired) electrons. The summed E-state index contributed by atoms with van der Waals surface area (Å²) in [6.07, 6.45) is 20.9. The van der Waals surface area contributed by atoms with Crippen LogP contribution in [0.1, 0.15) is 18.4 Å². The Bertz CT molecular complexity index is 939. The van der Waals surface area contributed by atoms with Crippen LogP contribution in [-0.4, -0.2) is 5.78 Å². The average Bonchev–Trinajstić information content (AvgIpc) is 3.53. The molecule has 0 saturated heterocycles. The van der Waals surface area contributed by atoms with Gasteiger partial charge >= 0.3 is 0 Å². The molecule has 0 spiro atoms. The number of rotatable bonds is 7. The lowest BCUT2D eigenvalue weighted by atomic mass is 9.96. The summed E-state index contributed by atoms with van der Waals surface area (Å²) >= 11 is 0. The maximum absolute atomic E-state index is 12.5. The molecule has 4 rings (SSSR count). The van der Waals surface area contributed by atoms with Gasteiger partial charge in [0.1, 0.15) is 0 Å². The first-order valence-electron chi connectivity index (χ1n) is 9.01. The van der Waals surface area contributed by atoms with Gasteiger partial charge in [0.2, 0.25) is 0 Å². The Labute approximate surface area is 155 Å². The van der Waals surface area contributed by atoms with E-state index in [4.69, 9.17) is 0 Å². The molecule has 3 aliphatic rings. The number of aryl methyl sites for hydroxylation is 1. The number of carbonyl (C=O) groups is 1. The number of carbonyl (C=O) groups excluding carboxylic acids is 1. The topological polar surface area (TPSA) is 17.1 Å². The van der Waals surface area contributed by atoms with Crippen LogP contribution in [0.3, 0.4) is 0 Å². The van der Waals surface area contributed by atoms with Gasteiger partial charge in [-0.15, -0.1) is 5.73 Å². The molecule has 3 aliphatic carbocycles. The molecule has 0 fully saturated rings. The normalized spacial score (nSPS) is 22.2. The molecular weight excluding hydrogens is 316 g/mol. The fourth-order valence-corrected chi connectivity index (χ4v) is 2.97. The molecule has 0 unspecified atom stereocenters. The lowest BCUT2D eigenvalue weighted by Gasteiger charge is -2.08. The highest BCUT2D eigenvalue weighted by atomic mass is 16.1. The van der Waals surface area contributed by atoms with Crippen molar-refractivity contribution in [3.05, 3.63) is 125 Å². The van der Waals surface area contributed by atoms with Gasteiger partial charge in [-0.05, 0) is 59.8 Å². The lowest BCUT2D eigenvalue weighted by molar-refractivity contribution is -0.111. The van der Waals surface area contributed by atoms with Crippen molar-refractivity contribution in [1.29, 1.82) is 0 Å². The van der Waals surface area contributed by atoms with Gasteiger partial charge in [-0.3, -0.25) is 4.79 Å². The minimum atomic E-state index is 0.127. The van der Waals surface area contributed by atoms with Gasteiger partial charge < -0.3 is 0 Å². The van der Waals surface area contributed by atoms with Crippen LogP contribution in [0.4, 0.5) is 0 Å². The van der Waals surface area contributed by atoms with Crippen molar-refractivity contribution in [3.63, 3.8) is 0 Å². The van der Waals surface area contributed by atoms with Crippen LogP contribution >= 0.6 is 0 Å². The SMILES string of the molecule is O=C(C1=C[CH]1)/C(=C/C1=C/C(CCc2ccccc2)=C\C=C=CC1)C1=C[CH]1. The maximum atomic E-state index is 12.5. The first-order chi connectivity index (χ1) is 12.8. The molecule has 126 valence electrons. The third-order valence-corrected chi connectivity index (χ3v) is 4.58. The standard InChI is InChI=1S/C25H20O/c26-25(23-15-16-23)24(22-13-14-22)18-21-10-6-2-5-9-20(17-21)12-11-19-7-3-1-4-8-19/h1,3-9,13-18H,10-12H2/b20-9-,21-17+,24-18+. The summed E-state index contributed by atoms with van der Waals surface area (Å²) in [5, 5.41) is 0. The third-order valence-electron chi connectivity index (χ3n) is 4.58. The van der Waals surface area contributed by atoms with E-state index in [9.17, 15) is 4.79 Å². The number of hydrogen-bond donors (Lipinski definition) is 0. The average molecular weight is 336 g/mol. The highest BCUT2D eigenvalue weighted by Crippen LogP contribution is 2.33. The molecule has 1 heteroatoms. The molecular formula is C25H20O. The minimum Gasteiger partial charge on any atom is -0.289 e. The first kappa shape index (κ1) is 16.6. The largest absolute Gasteiger partial charge is 0.289 e. The molecule has 0 N–H and O–H groups in total. The maximum Gasteiger partial charge on any atom is 0.189 e. The number of hydrogen-bond acceptors (Lipinski definition) is 1. The lowest BCUT2D eigenvalue weighted by Crippen LogP contribution is -2.01. The van der Waals surface area contributed by atoms with Crippen LogP contribution in [-0.2, 0) is 11.2 Å². The smallest absolute Gasteiger partial charge is 0.189 e. The molecule has 0 bridgehead atoms. The van der Waals surface area contributed by atoms with Gasteiger partial charge in [0.15, 0.2) is 5.78 Å². The quantitative estimate of drug-likeness (QED) is 0.483. The highest BCUT2D eigenvalue weighted by Gasteiger charge is 2.27. The summed E-state index contributed by atoms with van der Waals surface area (Å²) in [6.45, 7) is 0. The van der Waals surface area contributed by atoms with Gasteiger partial charge in [0.05, 0.1) is 0 Å². The van der Waals surface area contributed by atoms with Crippen LogP contribution in [0.15, 0.2) is 106 Å². The van der Waals surface area contributed by atoms with Crippen molar-refractivity contribution < 1.29 is 4.79 Å². The molecule has 1 aromatic rings. The molecule has 26 heavy (non-hydrogen) atoms. The van der Waals surface area contributed by atoms with Gasteiger partial charge in [-0.25, -0.2) is 0 Å². The number of Topliss-reactive ketones (excluding diaryl/α,β-unsaturated/α-hetero) is 1. The van der Waals surface area contributed by atoms with E-state index in [2.05, 4.69) is 42.1 Å². The molecule has 1 aromatic carbocycles. The Morgan fingerprint density at radius 3 is 2.50 bits per heavy atom. The zero-order valence-electron chi connectivity index (χ0n) is 14.6. The number of benzene rings is 1. The van der Waals surface area contributed by atoms with E-state index >= 15 is 0 Å². The number of allylic oxidation sites excluding steroid dienone is 11. The van der Waals surface area contributed by atoms with Crippen LogP contribution in [0.5, 0.6) is 0 Å². The Morgan fingerprint density at radius 2 is 1.77 bits per heavy atom. The van der Waals surface area contributed by atoms with Crippen LogP contribution in [0, 0.1) is 12.8 Å². The predicted octanol–water partition coefficient (Wildman–Crippen LogP) is 5.37. The molecule has 0 aliphatic heterocycles. The van der Waals surface area contributed by atoms with Crippen molar-refractivity contribution in [3.8, 4) is 0 Å².